The molecule has 0 spiro atoms. The predicted octanol–water partition coefficient (Wildman–Crippen LogP) is 2.98. The summed E-state index contributed by atoms with van der Waals surface area (Å²) in [4.78, 5) is 21.4. The van der Waals surface area contributed by atoms with Gasteiger partial charge in [0.05, 0.1) is 30.9 Å². The van der Waals surface area contributed by atoms with Crippen LogP contribution >= 0.6 is 0 Å². The lowest BCUT2D eigenvalue weighted by Crippen LogP contribution is -2.54. The number of nitriles is 1. The van der Waals surface area contributed by atoms with Gasteiger partial charge in [0.2, 0.25) is 5.91 Å². The van der Waals surface area contributed by atoms with Crippen LogP contribution in [-0.4, -0.2) is 60.3 Å². The number of aliphatic hydroxyl groups is 1. The molecule has 2 aliphatic rings. The van der Waals surface area contributed by atoms with E-state index in [-0.39, 0.29) is 18.6 Å². The molecule has 1 aliphatic heterocycles. The Labute approximate surface area is 200 Å². The molecule has 1 unspecified atom stereocenters. The van der Waals surface area contributed by atoms with Crippen LogP contribution in [0, 0.1) is 11.3 Å². The number of benzene rings is 1. The van der Waals surface area contributed by atoms with Crippen molar-refractivity contribution in [3.05, 3.63) is 52.7 Å². The smallest absolute Gasteiger partial charge is 0.225 e. The van der Waals surface area contributed by atoms with Crippen LogP contribution in [0.3, 0.4) is 0 Å². The van der Waals surface area contributed by atoms with Crippen molar-refractivity contribution in [2.45, 2.75) is 51.4 Å². The van der Waals surface area contributed by atoms with E-state index in [0.717, 1.165) is 29.7 Å². The maximum atomic E-state index is 12.5. The largest absolute Gasteiger partial charge is 0.487 e. The lowest BCUT2D eigenvalue weighted by Gasteiger charge is -2.40. The van der Waals surface area contributed by atoms with Crippen molar-refractivity contribution in [3.63, 3.8) is 0 Å². The highest BCUT2D eigenvalue weighted by atomic mass is 16.5. The minimum Gasteiger partial charge on any atom is -0.487 e. The molecule has 1 aliphatic carbocycles. The Hall–Kier alpha value is -3.15. The first kappa shape index (κ1) is 24.0. The second kappa shape index (κ2) is 10.9. The molecule has 0 bridgehead atoms. The van der Waals surface area contributed by atoms with Crippen molar-refractivity contribution in [1.29, 1.82) is 5.26 Å². The summed E-state index contributed by atoms with van der Waals surface area (Å²) in [5.41, 5.74) is 3.24. The van der Waals surface area contributed by atoms with Crippen LogP contribution in [-0.2, 0) is 22.7 Å². The lowest BCUT2D eigenvalue weighted by atomic mass is 10.1. The number of nitrogens with zero attached hydrogens (tertiary/aromatic N) is 4. The van der Waals surface area contributed by atoms with Crippen LogP contribution in [0.15, 0.2) is 30.3 Å². The van der Waals surface area contributed by atoms with E-state index in [4.69, 9.17) is 14.5 Å². The third kappa shape index (κ3) is 5.49. The Bertz CT molecular complexity index is 1050. The zero-order valence-corrected chi connectivity index (χ0v) is 19.9. The third-order valence-electron chi connectivity index (χ3n) is 6.45. The first-order valence-electron chi connectivity index (χ1n) is 11.8. The topological polar surface area (TPSA) is 98.9 Å². The Morgan fingerprint density at radius 2 is 1.97 bits per heavy atom. The van der Waals surface area contributed by atoms with Gasteiger partial charge < -0.3 is 24.4 Å². The number of carbonyl (C=O) groups is 1. The van der Waals surface area contributed by atoms with Gasteiger partial charge in [0.25, 0.3) is 0 Å². The molecule has 2 heterocycles. The number of aromatic nitrogens is 1. The van der Waals surface area contributed by atoms with E-state index < -0.39 is 0 Å². The molecule has 8 nitrogen and oxygen atoms in total. The van der Waals surface area contributed by atoms with Crippen LogP contribution in [0.25, 0.3) is 0 Å². The van der Waals surface area contributed by atoms with Gasteiger partial charge in [-0.2, -0.15) is 5.26 Å². The van der Waals surface area contributed by atoms with Gasteiger partial charge >= 0.3 is 0 Å². The second-order valence-corrected chi connectivity index (χ2v) is 9.02. The van der Waals surface area contributed by atoms with E-state index in [1.165, 1.54) is 0 Å². The highest BCUT2D eigenvalue weighted by Crippen LogP contribution is 2.45. The highest BCUT2D eigenvalue weighted by Gasteiger charge is 2.33. The number of pyridine rings is 1. The molecule has 1 aromatic carbocycles. The van der Waals surface area contributed by atoms with Gasteiger partial charge in [0.1, 0.15) is 24.2 Å². The molecule has 2 fully saturated rings. The first-order chi connectivity index (χ1) is 16.5. The Morgan fingerprint density at radius 1 is 1.24 bits per heavy atom. The third-order valence-corrected chi connectivity index (χ3v) is 6.45. The second-order valence-electron chi connectivity index (χ2n) is 9.02. The Balaban J connectivity index is 1.51. The standard InChI is InChI=1S/C26H32N4O4/c1-18-15-29(10-11-30(18)24(32)9-12-33-2)26-22(14-27)13-23(25(28-26)21-7-8-21)34-17-20-5-3-19(16-31)4-6-20/h3-6,13,18,21,31H,7-12,15-17H2,1-2H3. The van der Waals surface area contributed by atoms with Crippen molar-refractivity contribution in [2.24, 2.45) is 0 Å². The molecule has 1 saturated heterocycles. The fourth-order valence-corrected chi connectivity index (χ4v) is 4.34. The number of ether oxygens (including phenoxy) is 2. The summed E-state index contributed by atoms with van der Waals surface area (Å²) in [7, 11) is 1.60. The van der Waals surface area contributed by atoms with Gasteiger partial charge in [-0.1, -0.05) is 24.3 Å². The molecule has 1 saturated carbocycles. The van der Waals surface area contributed by atoms with Crippen LogP contribution in [0.2, 0.25) is 0 Å². The normalized spacial score (nSPS) is 18.0. The average Bonchev–Trinajstić information content (AvgIpc) is 3.71. The van der Waals surface area contributed by atoms with E-state index in [9.17, 15) is 15.2 Å². The van der Waals surface area contributed by atoms with Crippen molar-refractivity contribution in [2.75, 3.05) is 38.3 Å². The Morgan fingerprint density at radius 3 is 2.59 bits per heavy atom. The van der Waals surface area contributed by atoms with Crippen LogP contribution in [0.5, 0.6) is 5.75 Å². The van der Waals surface area contributed by atoms with Gasteiger partial charge in [-0.15, -0.1) is 0 Å². The number of hydrogen-bond donors (Lipinski definition) is 1. The fourth-order valence-electron chi connectivity index (χ4n) is 4.34. The van der Waals surface area contributed by atoms with E-state index in [2.05, 4.69) is 11.0 Å². The van der Waals surface area contributed by atoms with Gasteiger partial charge in [-0.05, 0) is 30.9 Å². The summed E-state index contributed by atoms with van der Waals surface area (Å²) >= 11 is 0. The predicted molar refractivity (Wildman–Crippen MR) is 128 cm³/mol. The number of rotatable bonds is 9. The van der Waals surface area contributed by atoms with E-state index >= 15 is 0 Å². The molecule has 180 valence electrons. The molecule has 1 atom stereocenters. The van der Waals surface area contributed by atoms with Crippen molar-refractivity contribution in [3.8, 4) is 11.8 Å². The summed E-state index contributed by atoms with van der Waals surface area (Å²) in [6, 6.07) is 11.8. The number of methoxy groups -OCH3 is 1. The number of carbonyl (C=O) groups excluding carboxylic acids is 1. The molecule has 2 aromatic rings. The van der Waals surface area contributed by atoms with E-state index in [1.807, 2.05) is 42.2 Å². The molecule has 34 heavy (non-hydrogen) atoms. The zero-order chi connectivity index (χ0) is 24.1. The highest BCUT2D eigenvalue weighted by molar-refractivity contribution is 5.77. The quantitative estimate of drug-likeness (QED) is 0.609. The van der Waals surface area contributed by atoms with E-state index in [1.54, 1.807) is 7.11 Å². The van der Waals surface area contributed by atoms with Crippen molar-refractivity contribution >= 4 is 11.7 Å². The fraction of sp³-hybridized carbons (Fsp3) is 0.500. The first-order valence-corrected chi connectivity index (χ1v) is 11.8. The number of piperazine rings is 1. The van der Waals surface area contributed by atoms with E-state index in [0.29, 0.717) is 62.3 Å². The maximum absolute atomic E-state index is 12.5. The number of aliphatic hydroxyl groups excluding tert-OH is 1. The van der Waals surface area contributed by atoms with Crippen LogP contribution < -0.4 is 9.64 Å². The number of amides is 1. The summed E-state index contributed by atoms with van der Waals surface area (Å²) in [5.74, 6) is 1.79. The van der Waals surface area contributed by atoms with Gasteiger partial charge in [0.15, 0.2) is 0 Å². The average molecular weight is 465 g/mol. The maximum Gasteiger partial charge on any atom is 0.225 e. The zero-order valence-electron chi connectivity index (χ0n) is 19.9. The molecule has 8 heteroatoms. The van der Waals surface area contributed by atoms with Gasteiger partial charge in [0, 0.05) is 44.8 Å². The number of hydrogen-bond acceptors (Lipinski definition) is 7. The number of anilines is 1. The molecule has 1 amide bonds. The monoisotopic (exact) mass is 464 g/mol. The molecule has 0 radical (unpaired) electrons. The summed E-state index contributed by atoms with van der Waals surface area (Å²) in [6.45, 7) is 4.69. The summed E-state index contributed by atoms with van der Waals surface area (Å²) in [5, 5.41) is 19.1. The molecule has 4 rings (SSSR count). The minimum atomic E-state index is 0.0120. The SMILES string of the molecule is COCCC(=O)N1CCN(c2nc(C3CC3)c(OCc3ccc(CO)cc3)cc2C#N)CC1C. The lowest BCUT2D eigenvalue weighted by molar-refractivity contribution is -0.134. The minimum absolute atomic E-state index is 0.0120. The molecular weight excluding hydrogens is 432 g/mol. The van der Waals surface area contributed by atoms with Crippen LogP contribution in [0.4, 0.5) is 5.82 Å². The van der Waals surface area contributed by atoms with Gasteiger partial charge in [-0.25, -0.2) is 4.98 Å². The summed E-state index contributed by atoms with van der Waals surface area (Å²) in [6.07, 6.45) is 2.51. The van der Waals surface area contributed by atoms with Gasteiger partial charge in [-0.3, -0.25) is 4.79 Å². The molecular formula is C26H32N4O4. The van der Waals surface area contributed by atoms with Crippen molar-refractivity contribution < 1.29 is 19.4 Å². The van der Waals surface area contributed by atoms with Crippen molar-refractivity contribution in [1.82, 2.24) is 9.88 Å². The molecule has 1 N–H and O–H groups in total. The Kier molecular flexibility index (Phi) is 7.66. The van der Waals surface area contributed by atoms with Crippen LogP contribution in [0.1, 0.15) is 54.5 Å². The summed E-state index contributed by atoms with van der Waals surface area (Å²) < 4.78 is 11.2. The molecule has 1 aromatic heterocycles.